The van der Waals surface area contributed by atoms with Crippen molar-refractivity contribution in [1.82, 2.24) is 4.98 Å². The number of nitrogens with one attached hydrogen (secondary N) is 1. The van der Waals surface area contributed by atoms with Crippen LogP contribution in [0.5, 0.6) is 0 Å². The number of anilines is 1. The van der Waals surface area contributed by atoms with Crippen molar-refractivity contribution >= 4 is 23.0 Å². The number of hydrogen-bond donors (Lipinski definition) is 2. The van der Waals surface area contributed by atoms with Gasteiger partial charge in [-0.05, 0) is 0 Å². The lowest BCUT2D eigenvalue weighted by atomic mass is 10.2. The van der Waals surface area contributed by atoms with Crippen LogP contribution in [0.3, 0.4) is 0 Å². The highest BCUT2D eigenvalue weighted by Crippen LogP contribution is 2.38. The fraction of sp³-hybridized carbons (Fsp3) is 0.111. The Morgan fingerprint density at radius 1 is 1.67 bits per heavy atom. The second-order valence-corrected chi connectivity index (χ2v) is 4.08. The van der Waals surface area contributed by atoms with Gasteiger partial charge in [0.1, 0.15) is 5.69 Å². The Morgan fingerprint density at radius 3 is 3.33 bits per heavy atom. The normalized spacial score (nSPS) is 12.8. The summed E-state index contributed by atoms with van der Waals surface area (Å²) in [6, 6.07) is 1.49. The predicted octanol–water partition coefficient (Wildman–Crippen LogP) is 2.03. The van der Waals surface area contributed by atoms with Crippen LogP contribution in [0.2, 0.25) is 0 Å². The van der Waals surface area contributed by atoms with E-state index in [9.17, 15) is 4.79 Å². The van der Waals surface area contributed by atoms with Crippen LogP contribution in [0.15, 0.2) is 16.0 Å². The SMILES string of the molecule is O=C(O)c1cc2c(o1)-c1ncsc1CN2. The first-order chi connectivity index (χ1) is 7.25. The topological polar surface area (TPSA) is 75.4 Å². The van der Waals surface area contributed by atoms with Gasteiger partial charge in [-0.3, -0.25) is 0 Å². The summed E-state index contributed by atoms with van der Waals surface area (Å²) in [5.74, 6) is -0.605. The summed E-state index contributed by atoms with van der Waals surface area (Å²) >= 11 is 1.53. The molecule has 1 aliphatic heterocycles. The van der Waals surface area contributed by atoms with E-state index in [0.717, 1.165) is 10.6 Å². The second-order valence-electron chi connectivity index (χ2n) is 3.14. The standard InChI is InChI=1S/C9H6N2O3S/c12-9(13)5-1-4-8(14-5)7-6(2-10-4)15-3-11-7/h1,3,10H,2H2,(H,12,13). The van der Waals surface area contributed by atoms with Gasteiger partial charge in [0.15, 0.2) is 5.76 Å². The van der Waals surface area contributed by atoms with Crippen LogP contribution in [0, 0.1) is 0 Å². The molecule has 76 valence electrons. The molecule has 2 N–H and O–H groups in total. The minimum Gasteiger partial charge on any atom is -0.475 e. The first-order valence-corrected chi connectivity index (χ1v) is 5.17. The fourth-order valence-corrected chi connectivity index (χ4v) is 2.26. The summed E-state index contributed by atoms with van der Waals surface area (Å²) in [7, 11) is 0. The monoisotopic (exact) mass is 222 g/mol. The third kappa shape index (κ3) is 1.15. The molecule has 0 saturated carbocycles. The largest absolute Gasteiger partial charge is 0.475 e. The third-order valence-corrected chi connectivity index (χ3v) is 3.07. The number of nitrogens with zero attached hydrogens (tertiary/aromatic N) is 1. The van der Waals surface area contributed by atoms with Gasteiger partial charge in [-0.1, -0.05) is 0 Å². The van der Waals surface area contributed by atoms with E-state index in [4.69, 9.17) is 9.52 Å². The molecule has 0 saturated heterocycles. The number of aromatic nitrogens is 1. The Labute approximate surface area is 88.4 Å². The molecule has 0 spiro atoms. The van der Waals surface area contributed by atoms with Crippen molar-refractivity contribution in [2.75, 3.05) is 5.32 Å². The average molecular weight is 222 g/mol. The van der Waals surface area contributed by atoms with Crippen LogP contribution in [-0.4, -0.2) is 16.1 Å². The van der Waals surface area contributed by atoms with Crippen molar-refractivity contribution < 1.29 is 14.3 Å². The number of rotatable bonds is 1. The van der Waals surface area contributed by atoms with Crippen molar-refractivity contribution in [3.05, 3.63) is 22.2 Å². The highest BCUT2D eigenvalue weighted by molar-refractivity contribution is 7.10. The highest BCUT2D eigenvalue weighted by atomic mass is 32.1. The molecule has 15 heavy (non-hydrogen) atoms. The fourth-order valence-electron chi connectivity index (χ4n) is 1.56. The number of furan rings is 1. The molecule has 1 aliphatic rings. The molecule has 3 rings (SSSR count). The van der Waals surface area contributed by atoms with Crippen LogP contribution in [0.25, 0.3) is 11.5 Å². The van der Waals surface area contributed by atoms with Gasteiger partial charge in [0, 0.05) is 6.07 Å². The first kappa shape index (κ1) is 8.49. The van der Waals surface area contributed by atoms with Gasteiger partial charge in [0.2, 0.25) is 5.76 Å². The van der Waals surface area contributed by atoms with Gasteiger partial charge in [-0.15, -0.1) is 11.3 Å². The molecule has 3 heterocycles. The van der Waals surface area contributed by atoms with Crippen molar-refractivity contribution in [2.45, 2.75) is 6.54 Å². The molecule has 0 amide bonds. The summed E-state index contributed by atoms with van der Waals surface area (Å²) in [6.45, 7) is 0.672. The van der Waals surface area contributed by atoms with Gasteiger partial charge >= 0.3 is 5.97 Å². The zero-order valence-electron chi connectivity index (χ0n) is 7.48. The maximum absolute atomic E-state index is 10.7. The lowest BCUT2D eigenvalue weighted by Crippen LogP contribution is -2.04. The van der Waals surface area contributed by atoms with Crippen molar-refractivity contribution in [3.63, 3.8) is 0 Å². The van der Waals surface area contributed by atoms with Crippen molar-refractivity contribution in [2.24, 2.45) is 0 Å². The molecular weight excluding hydrogens is 216 g/mol. The van der Waals surface area contributed by atoms with Crippen LogP contribution in [0.1, 0.15) is 15.4 Å². The number of carbonyl (C=O) groups is 1. The predicted molar refractivity (Wildman–Crippen MR) is 54.1 cm³/mol. The Kier molecular flexibility index (Phi) is 1.60. The van der Waals surface area contributed by atoms with Crippen LogP contribution in [0.4, 0.5) is 5.69 Å². The molecular formula is C9H6N2O3S. The Morgan fingerprint density at radius 2 is 2.53 bits per heavy atom. The number of aromatic carboxylic acids is 1. The number of carboxylic acids is 1. The molecule has 2 aromatic rings. The number of carboxylic acid groups (broad SMARTS) is 1. The van der Waals surface area contributed by atoms with Gasteiger partial charge in [0.25, 0.3) is 0 Å². The number of hydrogen-bond acceptors (Lipinski definition) is 5. The maximum Gasteiger partial charge on any atom is 0.371 e. The minimum absolute atomic E-state index is 0.0617. The lowest BCUT2D eigenvalue weighted by molar-refractivity contribution is 0.0663. The molecule has 0 aliphatic carbocycles. The first-order valence-electron chi connectivity index (χ1n) is 4.29. The molecule has 0 aromatic carbocycles. The van der Waals surface area contributed by atoms with Crippen LogP contribution in [-0.2, 0) is 6.54 Å². The molecule has 0 bridgehead atoms. The molecule has 0 atom stereocenters. The summed E-state index contributed by atoms with van der Waals surface area (Å²) in [6.07, 6.45) is 0. The minimum atomic E-state index is -1.07. The lowest BCUT2D eigenvalue weighted by Gasteiger charge is -2.10. The second kappa shape index (κ2) is 2.83. The van der Waals surface area contributed by atoms with Gasteiger partial charge < -0.3 is 14.8 Å². The average Bonchev–Trinajstić information content (AvgIpc) is 2.82. The van der Waals surface area contributed by atoms with Crippen LogP contribution >= 0.6 is 11.3 Å². The molecule has 6 heteroatoms. The van der Waals surface area contributed by atoms with E-state index in [-0.39, 0.29) is 5.76 Å². The van der Waals surface area contributed by atoms with Gasteiger partial charge in [-0.2, -0.15) is 0 Å². The Bertz CT molecular complexity index is 543. The van der Waals surface area contributed by atoms with Crippen molar-refractivity contribution in [3.8, 4) is 11.5 Å². The quantitative estimate of drug-likeness (QED) is 0.772. The van der Waals surface area contributed by atoms with Gasteiger partial charge in [-0.25, -0.2) is 9.78 Å². The summed E-state index contributed by atoms with van der Waals surface area (Å²) < 4.78 is 5.23. The van der Waals surface area contributed by atoms with E-state index in [1.165, 1.54) is 17.4 Å². The van der Waals surface area contributed by atoms with E-state index in [2.05, 4.69) is 10.3 Å². The summed E-state index contributed by atoms with van der Waals surface area (Å²) in [4.78, 5) is 16.0. The molecule has 5 nitrogen and oxygen atoms in total. The Hall–Kier alpha value is -1.82. The van der Waals surface area contributed by atoms with E-state index >= 15 is 0 Å². The number of thiazole rings is 1. The zero-order valence-corrected chi connectivity index (χ0v) is 8.30. The van der Waals surface area contributed by atoms with Crippen molar-refractivity contribution in [1.29, 1.82) is 0 Å². The van der Waals surface area contributed by atoms with E-state index in [1.807, 2.05) is 0 Å². The third-order valence-electron chi connectivity index (χ3n) is 2.24. The molecule has 2 aromatic heterocycles. The summed E-state index contributed by atoms with van der Waals surface area (Å²) in [5.41, 5.74) is 3.18. The smallest absolute Gasteiger partial charge is 0.371 e. The summed E-state index contributed by atoms with van der Waals surface area (Å²) in [5, 5.41) is 11.9. The highest BCUT2D eigenvalue weighted by Gasteiger charge is 2.24. The maximum atomic E-state index is 10.7. The molecule has 0 fully saturated rings. The van der Waals surface area contributed by atoms with Gasteiger partial charge in [0.05, 0.1) is 22.6 Å². The van der Waals surface area contributed by atoms with Crippen LogP contribution < -0.4 is 5.32 Å². The van der Waals surface area contributed by atoms with E-state index in [0.29, 0.717) is 18.0 Å². The molecule has 0 unspecified atom stereocenters. The Balaban J connectivity index is 2.20. The zero-order chi connectivity index (χ0) is 10.4. The molecule has 0 radical (unpaired) electrons. The van der Waals surface area contributed by atoms with E-state index in [1.54, 1.807) is 5.51 Å². The van der Waals surface area contributed by atoms with E-state index < -0.39 is 5.97 Å². The number of fused-ring (bicyclic) bond motifs is 3.